The Morgan fingerprint density at radius 3 is 1.60 bits per heavy atom. The van der Waals surface area contributed by atoms with Gasteiger partial charge in [-0.3, -0.25) is 0 Å². The first-order chi connectivity index (χ1) is 9.50. The molecule has 0 amide bonds. The van der Waals surface area contributed by atoms with E-state index in [1.807, 2.05) is 19.1 Å². The predicted molar refractivity (Wildman–Crippen MR) is 83.4 cm³/mol. The molecule has 2 aromatic carbocycles. The third-order valence-electron chi connectivity index (χ3n) is 3.66. The molecule has 2 rings (SSSR count). The van der Waals surface area contributed by atoms with Gasteiger partial charge in [0.05, 0.1) is 14.1 Å². The van der Waals surface area contributed by atoms with Crippen LogP contribution < -0.4 is 0 Å². The molecule has 0 aromatic heterocycles. The Hall–Kier alpha value is -1.64. The highest BCUT2D eigenvalue weighted by Gasteiger charge is 2.32. The largest absolute Gasteiger partial charge is 0.388 e. The molecule has 0 aliphatic carbocycles. The van der Waals surface area contributed by atoms with Gasteiger partial charge in [0.25, 0.3) is 0 Å². The average Bonchev–Trinajstić information content (AvgIpc) is 2.39. The highest BCUT2D eigenvalue weighted by atomic mass is 16.3. The van der Waals surface area contributed by atoms with Crippen LogP contribution in [0.25, 0.3) is 0 Å². The molecule has 0 fully saturated rings. The van der Waals surface area contributed by atoms with Gasteiger partial charge in [0.1, 0.15) is 18.7 Å². The summed E-state index contributed by atoms with van der Waals surface area (Å²) in [6.07, 6.45) is -0.320. The van der Waals surface area contributed by atoms with Gasteiger partial charge in [0.15, 0.2) is 0 Å². The molecule has 2 heteroatoms. The SMILES string of the molecule is C[C@H](O)C[N+](C)(C)C(c1ccccc1)c1ccccc1. The summed E-state index contributed by atoms with van der Waals surface area (Å²) in [7, 11) is 4.36. The van der Waals surface area contributed by atoms with Crippen LogP contribution in [0.15, 0.2) is 60.7 Å². The normalized spacial score (nSPS) is 13.4. The first kappa shape index (κ1) is 14.8. The number of nitrogens with zero attached hydrogens (tertiary/aromatic N) is 1. The zero-order valence-corrected chi connectivity index (χ0v) is 12.5. The molecule has 2 nitrogen and oxygen atoms in total. The topological polar surface area (TPSA) is 20.2 Å². The van der Waals surface area contributed by atoms with Crippen LogP contribution in [0.3, 0.4) is 0 Å². The second-order valence-electron chi connectivity index (χ2n) is 6.03. The van der Waals surface area contributed by atoms with Gasteiger partial charge in [0.2, 0.25) is 0 Å². The van der Waals surface area contributed by atoms with Crippen molar-refractivity contribution in [3.8, 4) is 0 Å². The molecule has 0 radical (unpaired) electrons. The van der Waals surface area contributed by atoms with Crippen molar-refractivity contribution in [2.75, 3.05) is 20.6 Å². The Balaban J connectivity index is 2.45. The standard InChI is InChI=1S/C18H24NO/c1-15(20)14-19(2,3)18(16-10-6-4-7-11-16)17-12-8-5-9-13-17/h4-13,15,18,20H,14H2,1-3H3/q+1/t15-/m0/s1. The number of benzene rings is 2. The zero-order chi connectivity index (χ0) is 14.6. The first-order valence-electron chi connectivity index (χ1n) is 7.11. The van der Waals surface area contributed by atoms with Crippen LogP contribution in [0.4, 0.5) is 0 Å². The van der Waals surface area contributed by atoms with Gasteiger partial charge in [-0.25, -0.2) is 0 Å². The van der Waals surface area contributed by atoms with E-state index in [9.17, 15) is 5.11 Å². The van der Waals surface area contributed by atoms with E-state index in [1.165, 1.54) is 11.1 Å². The Morgan fingerprint density at radius 2 is 1.25 bits per heavy atom. The lowest BCUT2D eigenvalue weighted by Gasteiger charge is -2.39. The lowest BCUT2D eigenvalue weighted by molar-refractivity contribution is -0.917. The lowest BCUT2D eigenvalue weighted by atomic mass is 9.95. The maximum Gasteiger partial charge on any atom is 0.140 e. The number of aliphatic hydroxyl groups is 1. The Labute approximate surface area is 121 Å². The zero-order valence-electron chi connectivity index (χ0n) is 12.5. The summed E-state index contributed by atoms with van der Waals surface area (Å²) >= 11 is 0. The van der Waals surface area contributed by atoms with Gasteiger partial charge in [-0.05, 0) is 6.92 Å². The Bertz CT molecular complexity index is 480. The van der Waals surface area contributed by atoms with Gasteiger partial charge in [0, 0.05) is 11.1 Å². The molecule has 2 aromatic rings. The summed E-state index contributed by atoms with van der Waals surface area (Å²) in [5, 5.41) is 9.82. The fourth-order valence-corrected chi connectivity index (χ4v) is 3.06. The number of aliphatic hydroxyl groups excluding tert-OH is 1. The highest BCUT2D eigenvalue weighted by Crippen LogP contribution is 2.32. The van der Waals surface area contributed by atoms with Gasteiger partial charge in [-0.2, -0.15) is 0 Å². The molecule has 20 heavy (non-hydrogen) atoms. The smallest absolute Gasteiger partial charge is 0.140 e. The van der Waals surface area contributed by atoms with E-state index in [4.69, 9.17) is 0 Å². The maximum atomic E-state index is 9.82. The summed E-state index contributed by atoms with van der Waals surface area (Å²) in [5.74, 6) is 0. The Morgan fingerprint density at radius 1 is 0.850 bits per heavy atom. The van der Waals surface area contributed by atoms with Crippen molar-refractivity contribution in [3.05, 3.63) is 71.8 Å². The minimum Gasteiger partial charge on any atom is -0.388 e. The van der Waals surface area contributed by atoms with Crippen LogP contribution in [0, 0.1) is 0 Å². The van der Waals surface area contributed by atoms with Crippen LogP contribution in [-0.2, 0) is 0 Å². The molecule has 0 heterocycles. The summed E-state index contributed by atoms with van der Waals surface area (Å²) in [5.41, 5.74) is 2.56. The third kappa shape index (κ3) is 3.47. The van der Waals surface area contributed by atoms with Crippen molar-refractivity contribution < 1.29 is 9.59 Å². The molecule has 106 valence electrons. The monoisotopic (exact) mass is 270 g/mol. The van der Waals surface area contributed by atoms with E-state index in [0.29, 0.717) is 6.54 Å². The lowest BCUT2D eigenvalue weighted by Crippen LogP contribution is -2.47. The summed E-state index contributed by atoms with van der Waals surface area (Å²) in [6.45, 7) is 2.57. The van der Waals surface area contributed by atoms with E-state index in [1.54, 1.807) is 0 Å². The van der Waals surface area contributed by atoms with E-state index in [-0.39, 0.29) is 12.1 Å². The van der Waals surface area contributed by atoms with Gasteiger partial charge >= 0.3 is 0 Å². The van der Waals surface area contributed by atoms with Gasteiger partial charge in [-0.15, -0.1) is 0 Å². The van der Waals surface area contributed by atoms with Crippen LogP contribution in [0.5, 0.6) is 0 Å². The third-order valence-corrected chi connectivity index (χ3v) is 3.66. The van der Waals surface area contributed by atoms with Crippen molar-refractivity contribution in [2.45, 2.75) is 19.1 Å². The second-order valence-corrected chi connectivity index (χ2v) is 6.03. The molecule has 0 aliphatic rings. The molecular weight excluding hydrogens is 246 g/mol. The average molecular weight is 270 g/mol. The number of hydrogen-bond donors (Lipinski definition) is 1. The van der Waals surface area contributed by atoms with Crippen molar-refractivity contribution >= 4 is 0 Å². The van der Waals surface area contributed by atoms with Crippen LogP contribution in [0.1, 0.15) is 24.1 Å². The summed E-state index contributed by atoms with van der Waals surface area (Å²) < 4.78 is 0.728. The van der Waals surface area contributed by atoms with E-state index >= 15 is 0 Å². The molecule has 0 saturated heterocycles. The van der Waals surface area contributed by atoms with Crippen molar-refractivity contribution in [1.82, 2.24) is 0 Å². The van der Waals surface area contributed by atoms with Crippen LogP contribution >= 0.6 is 0 Å². The number of quaternary nitrogens is 1. The molecular formula is C18H24NO+. The van der Waals surface area contributed by atoms with Crippen molar-refractivity contribution in [2.24, 2.45) is 0 Å². The minimum absolute atomic E-state index is 0.229. The molecule has 0 bridgehead atoms. The van der Waals surface area contributed by atoms with E-state index < -0.39 is 0 Å². The summed E-state index contributed by atoms with van der Waals surface area (Å²) in [6, 6.07) is 21.3. The molecule has 1 N–H and O–H groups in total. The van der Waals surface area contributed by atoms with Gasteiger partial charge in [-0.1, -0.05) is 60.7 Å². The Kier molecular flexibility index (Phi) is 4.58. The quantitative estimate of drug-likeness (QED) is 0.827. The summed E-state index contributed by atoms with van der Waals surface area (Å²) in [4.78, 5) is 0. The van der Waals surface area contributed by atoms with Gasteiger partial charge < -0.3 is 9.59 Å². The van der Waals surface area contributed by atoms with Crippen LogP contribution in [-0.4, -0.2) is 36.3 Å². The predicted octanol–water partition coefficient (Wildman–Crippen LogP) is 3.23. The van der Waals surface area contributed by atoms with Crippen LogP contribution in [0.2, 0.25) is 0 Å². The fourth-order valence-electron chi connectivity index (χ4n) is 3.06. The van der Waals surface area contributed by atoms with E-state index in [0.717, 1.165) is 4.48 Å². The molecule has 0 saturated carbocycles. The molecule has 1 atom stereocenters. The van der Waals surface area contributed by atoms with Crippen molar-refractivity contribution in [3.63, 3.8) is 0 Å². The fraction of sp³-hybridized carbons (Fsp3) is 0.333. The molecule has 0 spiro atoms. The highest BCUT2D eigenvalue weighted by molar-refractivity contribution is 5.29. The first-order valence-corrected chi connectivity index (χ1v) is 7.11. The maximum absolute atomic E-state index is 9.82. The van der Waals surface area contributed by atoms with E-state index in [2.05, 4.69) is 62.6 Å². The number of rotatable bonds is 5. The number of likely N-dealkylation sites (N-methyl/N-ethyl adjacent to an activating group) is 1. The van der Waals surface area contributed by atoms with Crippen molar-refractivity contribution in [1.29, 1.82) is 0 Å². The minimum atomic E-state index is -0.320. The molecule has 0 unspecified atom stereocenters. The number of hydrogen-bond acceptors (Lipinski definition) is 1. The molecule has 0 aliphatic heterocycles. The second kappa shape index (κ2) is 6.21.